The summed E-state index contributed by atoms with van der Waals surface area (Å²) < 4.78 is 0. The summed E-state index contributed by atoms with van der Waals surface area (Å²) in [5, 5.41) is 7.91. The van der Waals surface area contributed by atoms with Crippen molar-refractivity contribution in [1.29, 1.82) is 0 Å². The summed E-state index contributed by atoms with van der Waals surface area (Å²) >= 11 is 0. The molecule has 1 rings (SSSR count). The number of carboxylic acid groups (broad SMARTS) is 1. The van der Waals surface area contributed by atoms with E-state index in [4.69, 9.17) is 16.6 Å². The van der Waals surface area contributed by atoms with Gasteiger partial charge in [-0.25, -0.2) is 0 Å². The van der Waals surface area contributed by atoms with Gasteiger partial charge in [0.25, 0.3) is 0 Å². The van der Waals surface area contributed by atoms with Gasteiger partial charge < -0.3 is 41.4 Å². The molecule has 0 saturated heterocycles. The molecule has 0 radical (unpaired) electrons. The van der Waals surface area contributed by atoms with Crippen molar-refractivity contribution in [2.75, 3.05) is 0 Å². The van der Waals surface area contributed by atoms with E-state index in [1.54, 1.807) is 0 Å². The maximum absolute atomic E-state index is 9.60. The van der Waals surface area contributed by atoms with Crippen molar-refractivity contribution in [1.82, 2.24) is 0 Å². The largest absolute Gasteiger partial charge is 4.00 e. The fraction of sp³-hybridized carbons (Fsp3) is 0.900. The Morgan fingerprint density at radius 2 is 1.44 bits per heavy atom. The zero-order valence-corrected chi connectivity index (χ0v) is 16.4. The van der Waals surface area contributed by atoms with Crippen LogP contribution < -0.4 is 36.3 Å². The molecule has 112 valence electrons. The third kappa shape index (κ3) is 19.7. The monoisotopic (exact) mass is 662 g/mol. The van der Waals surface area contributed by atoms with Crippen molar-refractivity contribution in [3.8, 4) is 0 Å². The number of carbonyl (C=O) groups is 1. The topological polar surface area (TPSA) is 89.3 Å². The summed E-state index contributed by atoms with van der Waals surface area (Å²) in [5.74, 6) is -0.711. The van der Waals surface area contributed by atoms with E-state index in [1.807, 2.05) is 6.92 Å². The second-order valence-electron chi connectivity index (χ2n) is 3.76. The molecule has 0 aliphatic heterocycles. The van der Waals surface area contributed by atoms with Gasteiger partial charge in [-0.3, -0.25) is 4.79 Å². The van der Waals surface area contributed by atoms with Crippen molar-refractivity contribution in [3.63, 3.8) is 0 Å². The molecule has 5 N–H and O–H groups in total. The van der Waals surface area contributed by atoms with Crippen molar-refractivity contribution in [2.45, 2.75) is 57.5 Å². The smallest absolute Gasteiger partial charge is 1.00 e. The third-order valence-electron chi connectivity index (χ3n) is 2.34. The van der Waals surface area contributed by atoms with Crippen LogP contribution in [0.1, 0.15) is 45.4 Å². The van der Waals surface area contributed by atoms with Gasteiger partial charge in [-0.2, -0.15) is 0 Å². The van der Waals surface area contributed by atoms with Gasteiger partial charge in [0.05, 0.1) is 0 Å². The van der Waals surface area contributed by atoms with Crippen LogP contribution in [0.5, 0.6) is 0 Å². The Kier molecular flexibility index (Phi) is 36.3. The zero-order valence-electron chi connectivity index (χ0n) is 10.3. The Bertz CT molecular complexity index is 170. The summed E-state index contributed by atoms with van der Waals surface area (Å²) in [7, 11) is 0. The van der Waals surface area contributed by atoms with Gasteiger partial charge in [-0.1, -0.05) is 19.8 Å². The number of hydrogen-bond acceptors (Lipinski definition) is 3. The number of rotatable bonds is 2. The van der Waals surface area contributed by atoms with Gasteiger partial charge in [-0.15, -0.1) is 0 Å². The molecule has 2 unspecified atom stereocenters. The van der Waals surface area contributed by atoms with E-state index in [2.05, 4.69) is 0 Å². The van der Waals surface area contributed by atoms with Crippen LogP contribution in [-0.4, -0.2) is 23.2 Å². The van der Waals surface area contributed by atoms with Crippen LogP contribution in [-0.2, 0) is 46.9 Å². The van der Waals surface area contributed by atoms with E-state index in [0.29, 0.717) is 6.42 Å². The molecule has 1 aliphatic rings. The summed E-state index contributed by atoms with van der Waals surface area (Å²) in [5.41, 5.74) is 11.3. The van der Waals surface area contributed by atoms with Crippen LogP contribution in [0, 0.1) is 0 Å². The maximum Gasteiger partial charge on any atom is 4.00 e. The SMILES string of the molecule is CCCC(=O)O.NC1CCCCC1N.[Cl-].[Cl-].[Pt+4].[Pt+4]. The van der Waals surface area contributed by atoms with Gasteiger partial charge in [0.1, 0.15) is 0 Å². The molecule has 2 atom stereocenters. The zero-order chi connectivity index (χ0) is 11.0. The third-order valence-corrected chi connectivity index (χ3v) is 2.34. The van der Waals surface area contributed by atoms with Crippen LogP contribution in [0.25, 0.3) is 0 Å². The minimum atomic E-state index is -0.711. The molecule has 1 fully saturated rings. The van der Waals surface area contributed by atoms with Crippen LogP contribution in [0.2, 0.25) is 0 Å². The number of carboxylic acids is 1. The molecule has 0 amide bonds. The Morgan fingerprint density at radius 3 is 1.56 bits per heavy atom. The van der Waals surface area contributed by atoms with Gasteiger partial charge in [0.2, 0.25) is 0 Å². The Hall–Kier alpha value is 1.35. The van der Waals surface area contributed by atoms with Gasteiger partial charge in [-0.05, 0) is 19.3 Å². The molecule has 0 spiro atoms. The first kappa shape index (κ1) is 31.6. The summed E-state index contributed by atoms with van der Waals surface area (Å²) in [4.78, 5) is 9.60. The predicted molar refractivity (Wildman–Crippen MR) is 57.0 cm³/mol. The molecule has 0 bridgehead atoms. The van der Waals surface area contributed by atoms with Crippen LogP contribution in [0.15, 0.2) is 0 Å². The number of nitrogens with two attached hydrogens (primary N) is 2. The maximum atomic E-state index is 9.60. The number of aliphatic carboxylic acids is 1. The summed E-state index contributed by atoms with van der Waals surface area (Å²) in [6, 6.07) is 0.562. The Balaban J connectivity index is -0.0000000527. The Morgan fingerprint density at radius 1 is 1.11 bits per heavy atom. The van der Waals surface area contributed by atoms with E-state index in [9.17, 15) is 4.79 Å². The molecule has 8 heteroatoms. The number of hydrogen-bond donors (Lipinski definition) is 3. The molecule has 0 aromatic heterocycles. The first-order chi connectivity index (χ1) is 6.57. The summed E-state index contributed by atoms with van der Waals surface area (Å²) in [6.45, 7) is 1.84. The molecule has 0 aromatic rings. The van der Waals surface area contributed by atoms with E-state index >= 15 is 0 Å². The second kappa shape index (κ2) is 20.7. The van der Waals surface area contributed by atoms with E-state index in [0.717, 1.165) is 19.3 Å². The van der Waals surface area contributed by atoms with Gasteiger partial charge in [0, 0.05) is 18.5 Å². The molecule has 0 heterocycles. The van der Waals surface area contributed by atoms with Crippen molar-refractivity contribution in [2.24, 2.45) is 11.5 Å². The van der Waals surface area contributed by atoms with Crippen molar-refractivity contribution in [3.05, 3.63) is 0 Å². The molecule has 4 nitrogen and oxygen atoms in total. The quantitative estimate of drug-likeness (QED) is 0.277. The summed E-state index contributed by atoms with van der Waals surface area (Å²) in [6.07, 6.45) is 5.82. The molecule has 18 heavy (non-hydrogen) atoms. The fourth-order valence-electron chi connectivity index (χ4n) is 1.40. The standard InChI is InChI=1S/C6H14N2.C4H8O2.2ClH.2Pt/c7-5-3-1-2-4-6(5)8;1-2-3-4(5)6;;;;/h5-6H,1-4,7-8H2;2-3H2,1H3,(H,5,6);2*1H;;/q;;;;2*+4/p-2. The molecule has 0 aromatic carbocycles. The Labute approximate surface area is 151 Å². The van der Waals surface area contributed by atoms with E-state index in [1.165, 1.54) is 12.8 Å². The first-order valence-corrected chi connectivity index (χ1v) is 5.30. The minimum absolute atomic E-state index is 0. The average molecular weight is 663 g/mol. The normalized spacial score (nSPS) is 20.4. The average Bonchev–Trinajstić information content (AvgIpc) is 2.11. The van der Waals surface area contributed by atoms with Crippen LogP contribution in [0.4, 0.5) is 0 Å². The van der Waals surface area contributed by atoms with E-state index < -0.39 is 5.97 Å². The second-order valence-corrected chi connectivity index (χ2v) is 3.76. The van der Waals surface area contributed by atoms with Crippen molar-refractivity contribution < 1.29 is 76.8 Å². The van der Waals surface area contributed by atoms with Gasteiger partial charge in [0.15, 0.2) is 0 Å². The first-order valence-electron chi connectivity index (χ1n) is 5.30. The predicted octanol–water partition coefficient (Wildman–Crippen LogP) is -4.91. The molecule has 1 aliphatic carbocycles. The van der Waals surface area contributed by atoms with Gasteiger partial charge >= 0.3 is 48.1 Å². The number of halogens is 2. The van der Waals surface area contributed by atoms with E-state index in [-0.39, 0.29) is 79.0 Å². The molecule has 1 saturated carbocycles. The van der Waals surface area contributed by atoms with Crippen LogP contribution in [0.3, 0.4) is 0 Å². The minimum Gasteiger partial charge on any atom is -1.00 e. The van der Waals surface area contributed by atoms with Crippen molar-refractivity contribution >= 4 is 5.97 Å². The fourth-order valence-corrected chi connectivity index (χ4v) is 1.40. The molecular weight excluding hydrogens is 641 g/mol. The molecular formula is C10H22Cl2N2O2Pt2+6. The van der Waals surface area contributed by atoms with Crippen LogP contribution >= 0.6 is 0 Å².